The van der Waals surface area contributed by atoms with Crippen molar-refractivity contribution >= 4 is 17.3 Å². The molecule has 2 heterocycles. The van der Waals surface area contributed by atoms with E-state index in [1.165, 1.54) is 5.69 Å². The van der Waals surface area contributed by atoms with Gasteiger partial charge in [0.1, 0.15) is 0 Å². The van der Waals surface area contributed by atoms with E-state index in [1.54, 1.807) is 0 Å². The summed E-state index contributed by atoms with van der Waals surface area (Å²) in [7, 11) is 0. The molecule has 2 aliphatic heterocycles. The Kier molecular flexibility index (Phi) is 6.51. The number of anilines is 2. The molecule has 2 aliphatic rings. The van der Waals surface area contributed by atoms with Crippen LogP contribution in [0.3, 0.4) is 0 Å². The monoisotopic (exact) mass is 360 g/mol. The second kappa shape index (κ2) is 8.84. The standard InChI is InChI=1S/C20H32N4O2/c1-4-22-9-11-24(12-10-22)19-7-5-18(6-8-19)21-20(25)15-23-13-16(2)26-17(3)14-23/h5-8,16-17H,4,9-15H2,1-3H3,(H,21,25)/t16-,17-/m1/s1. The van der Waals surface area contributed by atoms with Gasteiger partial charge >= 0.3 is 0 Å². The van der Waals surface area contributed by atoms with Crippen molar-refractivity contribution in [1.29, 1.82) is 0 Å². The van der Waals surface area contributed by atoms with Crippen LogP contribution < -0.4 is 10.2 Å². The topological polar surface area (TPSA) is 48.0 Å². The second-order valence-corrected chi connectivity index (χ2v) is 7.47. The molecule has 6 nitrogen and oxygen atoms in total. The van der Waals surface area contributed by atoms with Gasteiger partial charge in [0, 0.05) is 50.6 Å². The van der Waals surface area contributed by atoms with Crippen molar-refractivity contribution in [2.24, 2.45) is 0 Å². The lowest BCUT2D eigenvalue weighted by Crippen LogP contribution is -2.48. The first-order chi connectivity index (χ1) is 12.5. The summed E-state index contributed by atoms with van der Waals surface area (Å²) in [6.07, 6.45) is 0.359. The minimum absolute atomic E-state index is 0.0376. The highest BCUT2D eigenvalue weighted by Crippen LogP contribution is 2.19. The van der Waals surface area contributed by atoms with Gasteiger partial charge in [0.05, 0.1) is 18.8 Å². The van der Waals surface area contributed by atoms with Gasteiger partial charge in [-0.05, 0) is 44.7 Å². The number of ether oxygens (including phenoxy) is 1. The molecule has 1 N–H and O–H groups in total. The van der Waals surface area contributed by atoms with Gasteiger partial charge in [-0.1, -0.05) is 6.92 Å². The third kappa shape index (κ3) is 5.19. The first-order valence-electron chi connectivity index (χ1n) is 9.78. The van der Waals surface area contributed by atoms with E-state index in [9.17, 15) is 4.79 Å². The van der Waals surface area contributed by atoms with Gasteiger partial charge in [-0.15, -0.1) is 0 Å². The minimum atomic E-state index is 0.0376. The van der Waals surface area contributed by atoms with Crippen LogP contribution in [0.15, 0.2) is 24.3 Å². The Bertz CT molecular complexity index is 574. The summed E-state index contributed by atoms with van der Waals surface area (Å²) < 4.78 is 5.72. The lowest BCUT2D eigenvalue weighted by Gasteiger charge is -2.35. The van der Waals surface area contributed by atoms with Gasteiger partial charge in [0.15, 0.2) is 0 Å². The van der Waals surface area contributed by atoms with Gasteiger partial charge in [0.2, 0.25) is 5.91 Å². The largest absolute Gasteiger partial charge is 0.373 e. The summed E-state index contributed by atoms with van der Waals surface area (Å²) in [4.78, 5) is 19.4. The normalized spacial score (nSPS) is 25.3. The summed E-state index contributed by atoms with van der Waals surface area (Å²) in [5, 5.41) is 3.02. The predicted molar refractivity (Wildman–Crippen MR) is 106 cm³/mol. The Labute approximate surface area is 157 Å². The van der Waals surface area contributed by atoms with Gasteiger partial charge in [-0.3, -0.25) is 9.69 Å². The van der Waals surface area contributed by atoms with E-state index in [4.69, 9.17) is 4.74 Å². The molecule has 0 radical (unpaired) electrons. The predicted octanol–water partition coefficient (Wildman–Crippen LogP) is 1.88. The number of carbonyl (C=O) groups excluding carboxylic acids is 1. The summed E-state index contributed by atoms with van der Waals surface area (Å²) >= 11 is 0. The fourth-order valence-corrected chi connectivity index (χ4v) is 3.89. The molecule has 0 saturated carbocycles. The molecule has 0 bridgehead atoms. The summed E-state index contributed by atoms with van der Waals surface area (Å²) in [6.45, 7) is 13.8. The average Bonchev–Trinajstić information content (AvgIpc) is 2.61. The molecule has 2 saturated heterocycles. The number of likely N-dealkylation sites (N-methyl/N-ethyl adjacent to an activating group) is 1. The van der Waals surface area contributed by atoms with Crippen LogP contribution in [0.2, 0.25) is 0 Å². The average molecular weight is 361 g/mol. The number of nitrogens with zero attached hydrogens (tertiary/aromatic N) is 3. The first kappa shape index (κ1) is 19.1. The molecule has 0 spiro atoms. The number of benzene rings is 1. The van der Waals surface area contributed by atoms with Gasteiger partial charge in [-0.2, -0.15) is 0 Å². The van der Waals surface area contributed by atoms with Crippen molar-refractivity contribution in [2.45, 2.75) is 33.0 Å². The molecular weight excluding hydrogens is 328 g/mol. The van der Waals surface area contributed by atoms with Crippen molar-refractivity contribution in [2.75, 3.05) is 62.6 Å². The van der Waals surface area contributed by atoms with Crippen LogP contribution in [0.5, 0.6) is 0 Å². The summed E-state index contributed by atoms with van der Waals surface area (Å²) in [5.41, 5.74) is 2.09. The molecule has 6 heteroatoms. The number of hydrogen-bond acceptors (Lipinski definition) is 5. The van der Waals surface area contributed by atoms with E-state index >= 15 is 0 Å². The molecule has 1 amide bonds. The maximum absolute atomic E-state index is 12.3. The van der Waals surface area contributed by atoms with Crippen LogP contribution in [0.25, 0.3) is 0 Å². The summed E-state index contributed by atoms with van der Waals surface area (Å²) in [6, 6.07) is 8.22. The van der Waals surface area contributed by atoms with E-state index in [0.717, 1.165) is 51.5 Å². The molecule has 0 aromatic heterocycles. The lowest BCUT2D eigenvalue weighted by atomic mass is 10.2. The van der Waals surface area contributed by atoms with Gasteiger partial charge in [-0.25, -0.2) is 0 Å². The van der Waals surface area contributed by atoms with Crippen molar-refractivity contribution in [1.82, 2.24) is 9.80 Å². The van der Waals surface area contributed by atoms with Crippen LogP contribution in [0.1, 0.15) is 20.8 Å². The Balaban J connectivity index is 1.48. The molecule has 0 unspecified atom stereocenters. The maximum Gasteiger partial charge on any atom is 0.238 e. The fraction of sp³-hybridized carbons (Fsp3) is 0.650. The molecule has 144 valence electrons. The Morgan fingerprint density at radius 3 is 2.23 bits per heavy atom. The lowest BCUT2D eigenvalue weighted by molar-refractivity contribution is -0.121. The van der Waals surface area contributed by atoms with E-state index < -0.39 is 0 Å². The Morgan fingerprint density at radius 1 is 1.04 bits per heavy atom. The number of morpholine rings is 1. The van der Waals surface area contributed by atoms with Gasteiger partial charge in [0.25, 0.3) is 0 Å². The summed E-state index contributed by atoms with van der Waals surface area (Å²) in [5.74, 6) is 0.0376. The van der Waals surface area contributed by atoms with Crippen molar-refractivity contribution < 1.29 is 9.53 Å². The fourth-order valence-electron chi connectivity index (χ4n) is 3.89. The number of amides is 1. The zero-order valence-corrected chi connectivity index (χ0v) is 16.3. The highest BCUT2D eigenvalue weighted by atomic mass is 16.5. The van der Waals surface area contributed by atoms with E-state index in [2.05, 4.69) is 52.9 Å². The van der Waals surface area contributed by atoms with Crippen molar-refractivity contribution in [3.63, 3.8) is 0 Å². The van der Waals surface area contributed by atoms with Crippen LogP contribution in [-0.2, 0) is 9.53 Å². The molecule has 1 aromatic carbocycles. The molecule has 1 aromatic rings. The second-order valence-electron chi connectivity index (χ2n) is 7.47. The van der Waals surface area contributed by atoms with Crippen LogP contribution in [0.4, 0.5) is 11.4 Å². The molecule has 0 aliphatic carbocycles. The molecule has 3 rings (SSSR count). The number of nitrogens with one attached hydrogen (secondary N) is 1. The molecule has 26 heavy (non-hydrogen) atoms. The minimum Gasteiger partial charge on any atom is -0.373 e. The van der Waals surface area contributed by atoms with Crippen LogP contribution in [-0.4, -0.2) is 80.3 Å². The molecule has 2 atom stereocenters. The zero-order valence-electron chi connectivity index (χ0n) is 16.3. The third-order valence-corrected chi connectivity index (χ3v) is 5.20. The number of hydrogen-bond donors (Lipinski definition) is 1. The van der Waals surface area contributed by atoms with E-state index in [-0.39, 0.29) is 18.1 Å². The highest BCUT2D eigenvalue weighted by Gasteiger charge is 2.23. The number of piperazine rings is 1. The van der Waals surface area contributed by atoms with Crippen molar-refractivity contribution in [3.8, 4) is 0 Å². The van der Waals surface area contributed by atoms with Crippen molar-refractivity contribution in [3.05, 3.63) is 24.3 Å². The van der Waals surface area contributed by atoms with Gasteiger partial charge < -0.3 is 19.9 Å². The highest BCUT2D eigenvalue weighted by molar-refractivity contribution is 5.92. The van der Waals surface area contributed by atoms with Crippen LogP contribution in [0, 0.1) is 0 Å². The zero-order chi connectivity index (χ0) is 18.5. The molecular formula is C20H32N4O2. The van der Waals surface area contributed by atoms with Crippen LogP contribution >= 0.6 is 0 Å². The third-order valence-electron chi connectivity index (χ3n) is 5.20. The maximum atomic E-state index is 12.3. The van der Waals surface area contributed by atoms with E-state index in [1.807, 2.05) is 12.1 Å². The SMILES string of the molecule is CCN1CCN(c2ccc(NC(=O)CN3C[C@@H](C)O[C@H](C)C3)cc2)CC1. The molecule has 2 fully saturated rings. The number of carbonyl (C=O) groups is 1. The Hall–Kier alpha value is -1.63. The Morgan fingerprint density at radius 2 is 1.65 bits per heavy atom. The number of rotatable bonds is 5. The first-order valence-corrected chi connectivity index (χ1v) is 9.78. The quantitative estimate of drug-likeness (QED) is 0.869. The van der Waals surface area contributed by atoms with E-state index in [0.29, 0.717) is 6.54 Å². The smallest absolute Gasteiger partial charge is 0.238 e.